The van der Waals surface area contributed by atoms with E-state index in [1.807, 2.05) is 0 Å². The van der Waals surface area contributed by atoms with Gasteiger partial charge in [-0.2, -0.15) is 0 Å². The number of aliphatic hydroxyl groups is 2. The average Bonchev–Trinajstić information content (AvgIpc) is 3.39. The van der Waals surface area contributed by atoms with Crippen LogP contribution in [0.25, 0.3) is 0 Å². The fourth-order valence-corrected chi connectivity index (χ4v) is 9.45. The number of hydrogen-bond donors (Lipinski definition) is 2. The maximum Gasteiger partial charge on any atom is 0.340 e. The fourth-order valence-electron chi connectivity index (χ4n) is 9.45. The lowest BCUT2D eigenvalue weighted by atomic mass is 9.45. The number of fused-ring (bicyclic) bond motifs is 5. The summed E-state index contributed by atoms with van der Waals surface area (Å²) in [5.41, 5.74) is -10.4. The van der Waals surface area contributed by atoms with Crippen LogP contribution >= 0.6 is 0 Å². The van der Waals surface area contributed by atoms with Crippen molar-refractivity contribution < 1.29 is 81.7 Å². The number of esters is 7. The molecule has 6 rings (SSSR count). The Hall–Kier alpha value is -5.53. The van der Waals surface area contributed by atoms with Crippen LogP contribution in [0, 0.1) is 17.3 Å². The average molecular weight is 827 g/mol. The first-order valence-corrected chi connectivity index (χ1v) is 18.8. The first kappa shape index (κ1) is 43.1. The number of hydrogen-bond acceptors (Lipinski definition) is 19. The summed E-state index contributed by atoms with van der Waals surface area (Å²) in [4.78, 5) is 103. The SMILES string of the molecule is CC(=O)OCC12C(OC(=O)c3cccnc3)C(O)C3OC(=O)C(C)C(C)c4ncccc4C(=O)OCC4(C)OC1(C(OC(C)=O)C4C(OC(C)=O)C2OC(C)=O)C3(C)O. The molecule has 2 aliphatic heterocycles. The first-order chi connectivity index (χ1) is 27.6. The summed E-state index contributed by atoms with van der Waals surface area (Å²) in [6, 6.07) is 5.63. The Kier molecular flexibility index (Phi) is 11.4. The van der Waals surface area contributed by atoms with Gasteiger partial charge in [0.15, 0.2) is 17.8 Å². The predicted molar refractivity (Wildman–Crippen MR) is 193 cm³/mol. The van der Waals surface area contributed by atoms with Crippen LogP contribution in [0.3, 0.4) is 0 Å². The van der Waals surface area contributed by atoms with Gasteiger partial charge in [0, 0.05) is 52.2 Å². The maximum absolute atomic E-state index is 14.3. The smallest absolute Gasteiger partial charge is 0.340 e. The van der Waals surface area contributed by atoms with Gasteiger partial charge in [0.25, 0.3) is 0 Å². The third-order valence-corrected chi connectivity index (χ3v) is 12.0. The van der Waals surface area contributed by atoms with E-state index in [1.54, 1.807) is 6.92 Å². The van der Waals surface area contributed by atoms with Crippen molar-refractivity contribution in [2.75, 3.05) is 13.2 Å². The number of rotatable bonds is 7. The van der Waals surface area contributed by atoms with Crippen LogP contribution in [0.2, 0.25) is 0 Å². The lowest BCUT2D eigenvalue weighted by Gasteiger charge is -2.67. The minimum atomic E-state index is -2.83. The molecule has 0 amide bonds. The van der Waals surface area contributed by atoms with E-state index >= 15 is 0 Å². The predicted octanol–water partition coefficient (Wildman–Crippen LogP) is 1.15. The second-order valence-corrected chi connectivity index (χ2v) is 15.8. The molecular formula is C40H46N2O17. The van der Waals surface area contributed by atoms with E-state index in [-0.39, 0.29) is 16.8 Å². The van der Waals surface area contributed by atoms with Crippen molar-refractivity contribution in [3.8, 4) is 0 Å². The summed E-state index contributed by atoms with van der Waals surface area (Å²) in [6.07, 6.45) is -8.53. The summed E-state index contributed by atoms with van der Waals surface area (Å²) in [5.74, 6) is -10.7. The summed E-state index contributed by atoms with van der Waals surface area (Å²) >= 11 is 0. The Morgan fingerprint density at radius 1 is 0.847 bits per heavy atom. The molecule has 59 heavy (non-hydrogen) atoms. The van der Waals surface area contributed by atoms with Gasteiger partial charge in [-0.1, -0.05) is 13.8 Å². The lowest BCUT2D eigenvalue weighted by molar-refractivity contribution is -0.385. The van der Waals surface area contributed by atoms with Crippen molar-refractivity contribution in [2.24, 2.45) is 17.3 Å². The van der Waals surface area contributed by atoms with Crippen molar-refractivity contribution in [3.63, 3.8) is 0 Å². The van der Waals surface area contributed by atoms with Crippen molar-refractivity contribution in [1.29, 1.82) is 0 Å². The normalized spacial score (nSPS) is 37.4. The highest BCUT2D eigenvalue weighted by Gasteiger charge is 2.91. The number of pyridine rings is 2. The van der Waals surface area contributed by atoms with E-state index in [1.165, 1.54) is 50.5 Å². The zero-order chi connectivity index (χ0) is 43.4. The molecule has 4 aliphatic rings. The molecule has 4 heterocycles. The molecule has 0 radical (unpaired) electrons. The van der Waals surface area contributed by atoms with Gasteiger partial charge in [0.2, 0.25) is 0 Å². The van der Waals surface area contributed by atoms with Gasteiger partial charge in [-0.3, -0.25) is 33.9 Å². The molecule has 2 aromatic rings. The fraction of sp³-hybridized carbons (Fsp3) is 0.575. The number of ether oxygens (including phenoxy) is 8. The monoisotopic (exact) mass is 826 g/mol. The molecule has 3 fully saturated rings. The molecule has 2 N–H and O–H groups in total. The number of carbonyl (C=O) groups excluding carboxylic acids is 7. The Bertz CT molecular complexity index is 2040. The van der Waals surface area contributed by atoms with Gasteiger partial charge in [0.05, 0.1) is 28.7 Å². The van der Waals surface area contributed by atoms with Gasteiger partial charge in [-0.25, -0.2) is 9.59 Å². The highest BCUT2D eigenvalue weighted by Crippen LogP contribution is 2.70. The van der Waals surface area contributed by atoms with Gasteiger partial charge in [0.1, 0.15) is 54.2 Å². The zero-order valence-corrected chi connectivity index (χ0v) is 33.6. The summed E-state index contributed by atoms with van der Waals surface area (Å²) in [5, 5.41) is 26.0. The zero-order valence-electron chi connectivity index (χ0n) is 33.6. The molecular weight excluding hydrogens is 780 g/mol. The molecule has 19 nitrogen and oxygen atoms in total. The Labute approximate surface area is 337 Å². The van der Waals surface area contributed by atoms with Crippen LogP contribution in [-0.2, 0) is 61.9 Å². The molecule has 2 aliphatic carbocycles. The van der Waals surface area contributed by atoms with Crippen molar-refractivity contribution in [1.82, 2.24) is 9.97 Å². The highest BCUT2D eigenvalue weighted by molar-refractivity contribution is 5.91. The molecule has 0 aromatic carbocycles. The Balaban J connectivity index is 1.76. The maximum atomic E-state index is 14.3. The van der Waals surface area contributed by atoms with Crippen LogP contribution in [0.1, 0.15) is 87.7 Å². The number of aliphatic hydroxyl groups excluding tert-OH is 1. The first-order valence-electron chi connectivity index (χ1n) is 18.8. The van der Waals surface area contributed by atoms with Crippen LogP contribution in [0.5, 0.6) is 0 Å². The van der Waals surface area contributed by atoms with Gasteiger partial charge >= 0.3 is 41.8 Å². The molecule has 1 saturated heterocycles. The third-order valence-electron chi connectivity index (χ3n) is 12.0. The van der Waals surface area contributed by atoms with E-state index in [0.29, 0.717) is 0 Å². The van der Waals surface area contributed by atoms with Gasteiger partial charge < -0.3 is 48.1 Å². The lowest BCUT2D eigenvalue weighted by Crippen LogP contribution is -2.89. The molecule has 2 saturated carbocycles. The van der Waals surface area contributed by atoms with Gasteiger partial charge in [-0.15, -0.1) is 0 Å². The highest BCUT2D eigenvalue weighted by atomic mass is 16.7. The van der Waals surface area contributed by atoms with Crippen LogP contribution < -0.4 is 0 Å². The molecule has 13 unspecified atom stereocenters. The second kappa shape index (κ2) is 15.6. The summed E-state index contributed by atoms with van der Waals surface area (Å²) in [6.45, 7) is 7.72. The molecule has 13 atom stereocenters. The summed E-state index contributed by atoms with van der Waals surface area (Å²) in [7, 11) is 0. The molecule has 4 bridgehead atoms. The van der Waals surface area contributed by atoms with Crippen molar-refractivity contribution in [3.05, 3.63) is 59.7 Å². The molecule has 1 spiro atoms. The third kappa shape index (κ3) is 6.87. The van der Waals surface area contributed by atoms with Crippen LogP contribution in [0.15, 0.2) is 42.9 Å². The standard InChI is InChI=1S/C40H46N2O17/c1-18-19(2)34(48)57-31-28(47)32(58-35(49)24-11-9-13-41-15-24)39(17-52-20(3)43)33(56-23(6)46)29(54-21(4)44)26-30(55-22(5)45)40(39,38(31,8)51)59-37(26,7)16-53-36(50)25-12-10-14-42-27(18)25/h9-15,18-19,26,28-33,47,51H,16-17H2,1-8H3. The van der Waals surface area contributed by atoms with E-state index in [9.17, 15) is 43.8 Å². The Morgan fingerprint density at radius 2 is 1.49 bits per heavy atom. The van der Waals surface area contributed by atoms with Crippen molar-refractivity contribution >= 4 is 41.8 Å². The van der Waals surface area contributed by atoms with E-state index in [4.69, 9.17) is 37.9 Å². The number of carbonyl (C=O) groups is 7. The quantitative estimate of drug-likeness (QED) is 0.293. The number of nitrogens with zero attached hydrogens (tertiary/aromatic N) is 2. The molecule has 318 valence electrons. The minimum absolute atomic E-state index is 0.0379. The largest absolute Gasteiger partial charge is 0.465 e. The van der Waals surface area contributed by atoms with Crippen LogP contribution in [0.4, 0.5) is 0 Å². The Morgan fingerprint density at radius 3 is 2.10 bits per heavy atom. The number of cyclic esters (lactones) is 1. The molecule has 19 heteroatoms. The minimum Gasteiger partial charge on any atom is -0.465 e. The van der Waals surface area contributed by atoms with Crippen LogP contribution in [-0.4, -0.2) is 129 Å². The number of aromatic nitrogens is 2. The summed E-state index contributed by atoms with van der Waals surface area (Å²) < 4.78 is 48.7. The second-order valence-electron chi connectivity index (χ2n) is 15.8. The van der Waals surface area contributed by atoms with Gasteiger partial charge in [-0.05, 0) is 38.1 Å². The van der Waals surface area contributed by atoms with E-state index in [0.717, 1.165) is 40.8 Å². The van der Waals surface area contributed by atoms with E-state index < -0.39 is 132 Å². The van der Waals surface area contributed by atoms with Crippen molar-refractivity contribution in [2.45, 2.75) is 115 Å². The van der Waals surface area contributed by atoms with E-state index in [2.05, 4.69) is 9.97 Å². The topological polar surface area (TPSA) is 260 Å². The molecule has 2 aromatic heterocycles.